The second kappa shape index (κ2) is 5.71. The van der Waals surface area contributed by atoms with Crippen molar-refractivity contribution in [2.75, 3.05) is 13.2 Å². The zero-order valence-electron chi connectivity index (χ0n) is 10.1. The van der Waals surface area contributed by atoms with E-state index in [2.05, 4.69) is 6.07 Å². The van der Waals surface area contributed by atoms with Crippen LogP contribution in [0.15, 0.2) is 24.3 Å². The third-order valence-electron chi connectivity index (χ3n) is 3.04. The van der Waals surface area contributed by atoms with E-state index in [-0.39, 0.29) is 5.97 Å². The van der Waals surface area contributed by atoms with Gasteiger partial charge in [-0.05, 0) is 25.8 Å². The molecule has 1 aromatic carbocycles. The molecule has 2 rings (SSSR count). The predicted molar refractivity (Wildman–Crippen MR) is 65.2 cm³/mol. The van der Waals surface area contributed by atoms with Crippen LogP contribution < -0.4 is 4.74 Å². The van der Waals surface area contributed by atoms with Crippen LogP contribution in [0.5, 0.6) is 5.75 Å². The number of fused-ring (bicyclic) bond motifs is 1. The Labute approximate surface area is 102 Å². The number of carbonyl (C=O) groups is 1. The molecule has 1 aromatic rings. The summed E-state index contributed by atoms with van der Waals surface area (Å²) >= 11 is 0. The van der Waals surface area contributed by atoms with Crippen LogP contribution in [0.4, 0.5) is 0 Å². The Bertz CT molecular complexity index is 387. The van der Waals surface area contributed by atoms with Crippen LogP contribution in [0.3, 0.4) is 0 Å². The highest BCUT2D eigenvalue weighted by Gasteiger charge is 2.23. The lowest BCUT2D eigenvalue weighted by Crippen LogP contribution is -2.06. The lowest BCUT2D eigenvalue weighted by Gasteiger charge is -2.08. The predicted octanol–water partition coefficient (Wildman–Crippen LogP) is 2.90. The number of benzene rings is 1. The minimum absolute atomic E-state index is 0.0975. The number of ether oxygens (including phenoxy) is 2. The van der Waals surface area contributed by atoms with Crippen LogP contribution >= 0.6 is 0 Å². The van der Waals surface area contributed by atoms with Gasteiger partial charge < -0.3 is 9.47 Å². The smallest absolute Gasteiger partial charge is 0.305 e. The third kappa shape index (κ3) is 2.99. The van der Waals surface area contributed by atoms with E-state index in [1.807, 2.05) is 25.1 Å². The largest absolute Gasteiger partial charge is 0.493 e. The summed E-state index contributed by atoms with van der Waals surface area (Å²) in [5.74, 6) is 1.33. The molecule has 0 N–H and O–H groups in total. The van der Waals surface area contributed by atoms with Gasteiger partial charge in [0.25, 0.3) is 0 Å². The fourth-order valence-electron chi connectivity index (χ4n) is 2.19. The average molecular weight is 234 g/mol. The van der Waals surface area contributed by atoms with E-state index in [1.54, 1.807) is 0 Å². The van der Waals surface area contributed by atoms with Crippen molar-refractivity contribution in [1.82, 2.24) is 0 Å². The zero-order chi connectivity index (χ0) is 12.1. The van der Waals surface area contributed by atoms with E-state index in [0.717, 1.165) is 25.2 Å². The maximum absolute atomic E-state index is 11.2. The fourth-order valence-corrected chi connectivity index (χ4v) is 2.19. The molecule has 0 aliphatic carbocycles. The molecule has 0 fully saturated rings. The molecule has 1 aliphatic rings. The Morgan fingerprint density at radius 1 is 1.47 bits per heavy atom. The second-order valence-corrected chi connectivity index (χ2v) is 4.24. The highest BCUT2D eigenvalue weighted by molar-refractivity contribution is 5.69. The monoisotopic (exact) mass is 234 g/mol. The van der Waals surface area contributed by atoms with Crippen molar-refractivity contribution >= 4 is 5.97 Å². The van der Waals surface area contributed by atoms with Gasteiger partial charge in [-0.2, -0.15) is 0 Å². The molecule has 1 aliphatic heterocycles. The van der Waals surface area contributed by atoms with Gasteiger partial charge in [-0.1, -0.05) is 18.2 Å². The van der Waals surface area contributed by atoms with Gasteiger partial charge in [-0.3, -0.25) is 4.79 Å². The highest BCUT2D eigenvalue weighted by atomic mass is 16.5. The molecule has 3 heteroatoms. The molecule has 0 saturated heterocycles. The van der Waals surface area contributed by atoms with E-state index in [9.17, 15) is 4.79 Å². The van der Waals surface area contributed by atoms with Gasteiger partial charge in [0, 0.05) is 17.9 Å². The average Bonchev–Trinajstić information content (AvgIpc) is 2.73. The van der Waals surface area contributed by atoms with Crippen LogP contribution in [0, 0.1) is 0 Å². The van der Waals surface area contributed by atoms with Gasteiger partial charge >= 0.3 is 5.97 Å². The number of hydrogen-bond donors (Lipinski definition) is 0. The van der Waals surface area contributed by atoms with E-state index in [4.69, 9.17) is 9.47 Å². The van der Waals surface area contributed by atoms with Gasteiger partial charge in [0.05, 0.1) is 13.2 Å². The Balaban J connectivity index is 1.80. The summed E-state index contributed by atoms with van der Waals surface area (Å²) in [5.41, 5.74) is 1.27. The molecule has 1 atom stereocenters. The van der Waals surface area contributed by atoms with Crippen molar-refractivity contribution in [3.8, 4) is 5.75 Å². The highest BCUT2D eigenvalue weighted by Crippen LogP contribution is 2.36. The summed E-state index contributed by atoms with van der Waals surface area (Å²) in [6.45, 7) is 3.04. The molecule has 0 saturated carbocycles. The summed E-state index contributed by atoms with van der Waals surface area (Å²) in [6.07, 6.45) is 2.35. The maximum Gasteiger partial charge on any atom is 0.305 e. The molecule has 92 valence electrons. The van der Waals surface area contributed by atoms with Gasteiger partial charge in [0.1, 0.15) is 5.75 Å². The van der Waals surface area contributed by atoms with Crippen molar-refractivity contribution in [1.29, 1.82) is 0 Å². The van der Waals surface area contributed by atoms with Crippen LogP contribution in [0.1, 0.15) is 37.7 Å². The van der Waals surface area contributed by atoms with Crippen LogP contribution in [-0.4, -0.2) is 19.2 Å². The van der Waals surface area contributed by atoms with E-state index in [0.29, 0.717) is 18.9 Å². The fraction of sp³-hybridized carbons (Fsp3) is 0.500. The van der Waals surface area contributed by atoms with Crippen molar-refractivity contribution in [2.45, 2.75) is 32.1 Å². The van der Waals surface area contributed by atoms with Crippen molar-refractivity contribution in [3.05, 3.63) is 29.8 Å². The quantitative estimate of drug-likeness (QED) is 0.735. The van der Waals surface area contributed by atoms with E-state index in [1.165, 1.54) is 5.56 Å². The molecular weight excluding hydrogens is 216 g/mol. The Hall–Kier alpha value is -1.51. The topological polar surface area (TPSA) is 35.5 Å². The van der Waals surface area contributed by atoms with Crippen LogP contribution in [0.25, 0.3) is 0 Å². The molecule has 0 bridgehead atoms. The molecule has 0 radical (unpaired) electrons. The Kier molecular flexibility index (Phi) is 4.02. The Morgan fingerprint density at radius 3 is 3.12 bits per heavy atom. The summed E-state index contributed by atoms with van der Waals surface area (Å²) in [7, 11) is 0. The minimum Gasteiger partial charge on any atom is -0.493 e. The van der Waals surface area contributed by atoms with Gasteiger partial charge in [-0.25, -0.2) is 0 Å². The molecule has 0 spiro atoms. The first kappa shape index (κ1) is 12.0. The molecule has 0 amide bonds. The first-order valence-electron chi connectivity index (χ1n) is 6.18. The summed E-state index contributed by atoms with van der Waals surface area (Å²) in [6, 6.07) is 8.13. The molecule has 0 aromatic heterocycles. The van der Waals surface area contributed by atoms with Gasteiger partial charge in [0.2, 0.25) is 0 Å². The summed E-state index contributed by atoms with van der Waals surface area (Å²) < 4.78 is 10.5. The standard InChI is InChI=1S/C14H18O3/c1-2-16-14(15)9-5-6-11-10-17-13-8-4-3-7-12(11)13/h3-4,7-8,11H,2,5-6,9-10H2,1H3. The third-order valence-corrected chi connectivity index (χ3v) is 3.04. The molecule has 3 nitrogen and oxygen atoms in total. The lowest BCUT2D eigenvalue weighted by atomic mass is 9.95. The second-order valence-electron chi connectivity index (χ2n) is 4.24. The summed E-state index contributed by atoms with van der Waals surface area (Å²) in [5, 5.41) is 0. The normalized spacial score (nSPS) is 17.4. The minimum atomic E-state index is -0.0975. The van der Waals surface area contributed by atoms with Crippen molar-refractivity contribution in [2.24, 2.45) is 0 Å². The number of hydrogen-bond acceptors (Lipinski definition) is 3. The van der Waals surface area contributed by atoms with E-state index < -0.39 is 0 Å². The lowest BCUT2D eigenvalue weighted by molar-refractivity contribution is -0.143. The first-order chi connectivity index (χ1) is 8.31. The first-order valence-corrected chi connectivity index (χ1v) is 6.18. The Morgan fingerprint density at radius 2 is 2.29 bits per heavy atom. The van der Waals surface area contributed by atoms with Gasteiger partial charge in [-0.15, -0.1) is 0 Å². The maximum atomic E-state index is 11.2. The number of para-hydroxylation sites is 1. The van der Waals surface area contributed by atoms with Gasteiger partial charge in [0.15, 0.2) is 0 Å². The molecule has 17 heavy (non-hydrogen) atoms. The molecule has 1 unspecified atom stereocenters. The summed E-state index contributed by atoms with van der Waals surface area (Å²) in [4.78, 5) is 11.2. The van der Waals surface area contributed by atoms with Crippen molar-refractivity contribution < 1.29 is 14.3 Å². The SMILES string of the molecule is CCOC(=O)CCCC1COc2ccccc21. The van der Waals surface area contributed by atoms with Crippen LogP contribution in [0.2, 0.25) is 0 Å². The van der Waals surface area contributed by atoms with E-state index >= 15 is 0 Å². The number of esters is 1. The number of carbonyl (C=O) groups excluding carboxylic acids is 1. The zero-order valence-corrected chi connectivity index (χ0v) is 10.1. The van der Waals surface area contributed by atoms with Crippen molar-refractivity contribution in [3.63, 3.8) is 0 Å². The molecular formula is C14H18O3. The molecule has 1 heterocycles. The number of rotatable bonds is 5. The van der Waals surface area contributed by atoms with Crippen LogP contribution in [-0.2, 0) is 9.53 Å².